The Morgan fingerprint density at radius 2 is 2.08 bits per heavy atom. The van der Waals surface area contributed by atoms with Crippen molar-refractivity contribution in [1.82, 2.24) is 9.88 Å². The molecule has 1 aromatic heterocycles. The van der Waals surface area contributed by atoms with Gasteiger partial charge in [-0.05, 0) is 86.7 Å². The van der Waals surface area contributed by atoms with E-state index in [4.69, 9.17) is 11.6 Å². The zero-order valence-corrected chi connectivity index (χ0v) is 16.9. The lowest BCUT2D eigenvalue weighted by atomic mass is 9.56. The van der Waals surface area contributed by atoms with Crippen molar-refractivity contribution >= 4 is 22.5 Å². The van der Waals surface area contributed by atoms with E-state index in [-0.39, 0.29) is 0 Å². The molecule has 3 aliphatic rings. The number of rotatable bonds is 3. The average Bonchev–Trinajstić information content (AvgIpc) is 3.02. The van der Waals surface area contributed by atoms with Crippen LogP contribution in [0.2, 0.25) is 5.02 Å². The Bertz CT molecular complexity index is 810. The van der Waals surface area contributed by atoms with Crippen molar-refractivity contribution < 1.29 is 0 Å². The van der Waals surface area contributed by atoms with Crippen molar-refractivity contribution in [3.05, 3.63) is 34.5 Å². The van der Waals surface area contributed by atoms with Gasteiger partial charge >= 0.3 is 0 Å². The van der Waals surface area contributed by atoms with Crippen molar-refractivity contribution in [2.24, 2.45) is 11.8 Å². The highest BCUT2D eigenvalue weighted by Gasteiger charge is 2.51. The van der Waals surface area contributed by atoms with Crippen LogP contribution in [0.25, 0.3) is 10.9 Å². The van der Waals surface area contributed by atoms with E-state index in [0.29, 0.717) is 5.92 Å². The largest absolute Gasteiger partial charge is 0.358 e. The molecule has 2 fully saturated rings. The summed E-state index contributed by atoms with van der Waals surface area (Å²) in [5.41, 5.74) is 4.49. The summed E-state index contributed by atoms with van der Waals surface area (Å²) in [4.78, 5) is 6.68. The second-order valence-electron chi connectivity index (χ2n) is 8.83. The second kappa shape index (κ2) is 6.56. The Hall–Kier alpha value is -0.990. The minimum Gasteiger partial charge on any atom is -0.358 e. The lowest BCUT2D eigenvalue weighted by Crippen LogP contribution is -2.55. The van der Waals surface area contributed by atoms with E-state index in [1.54, 1.807) is 11.3 Å². The molecule has 1 N–H and O–H groups in total. The third-order valence-electron chi connectivity index (χ3n) is 7.68. The van der Waals surface area contributed by atoms with E-state index in [9.17, 15) is 0 Å². The molecule has 1 aromatic carbocycles. The minimum absolute atomic E-state index is 0.696. The van der Waals surface area contributed by atoms with Crippen molar-refractivity contribution in [3.8, 4) is 0 Å². The molecule has 0 spiro atoms. The van der Waals surface area contributed by atoms with Crippen LogP contribution in [0.3, 0.4) is 0 Å². The molecular weight excluding hydrogens is 340 g/mol. The topological polar surface area (TPSA) is 19.0 Å². The molecule has 0 radical (unpaired) electrons. The summed E-state index contributed by atoms with van der Waals surface area (Å²) in [6.07, 6.45) is 8.10. The fourth-order valence-corrected chi connectivity index (χ4v) is 7.05. The SMILES string of the molecule is CCCN1CC[C@@H]2c3c([nH]c4ccc(Cl)cc34)[C@@H](CC)[C@@H]3CCC[C@H]1[C@H]32. The molecule has 3 heteroatoms. The number of nitrogens with zero attached hydrogens (tertiary/aromatic N) is 1. The summed E-state index contributed by atoms with van der Waals surface area (Å²) in [5, 5.41) is 2.28. The van der Waals surface area contributed by atoms with Gasteiger partial charge in [0.1, 0.15) is 0 Å². The first-order valence-electron chi connectivity index (χ1n) is 10.8. The van der Waals surface area contributed by atoms with Gasteiger partial charge in [0, 0.05) is 33.6 Å². The molecule has 5 rings (SSSR count). The monoisotopic (exact) mass is 370 g/mol. The zero-order chi connectivity index (χ0) is 17.8. The number of benzene rings is 1. The molecule has 2 heterocycles. The predicted octanol–water partition coefficient (Wildman–Crippen LogP) is 6.31. The molecule has 1 saturated heterocycles. The summed E-state index contributed by atoms with van der Waals surface area (Å²) >= 11 is 6.40. The molecule has 140 valence electrons. The van der Waals surface area contributed by atoms with Gasteiger partial charge in [0.25, 0.3) is 0 Å². The molecule has 5 atom stereocenters. The Labute approximate surface area is 162 Å². The van der Waals surface area contributed by atoms with Crippen molar-refractivity contribution in [1.29, 1.82) is 0 Å². The number of hydrogen-bond donors (Lipinski definition) is 1. The second-order valence-corrected chi connectivity index (χ2v) is 9.26. The lowest BCUT2D eigenvalue weighted by Gasteiger charge is -2.56. The van der Waals surface area contributed by atoms with E-state index in [1.807, 2.05) is 6.07 Å². The maximum absolute atomic E-state index is 6.40. The maximum Gasteiger partial charge on any atom is 0.0460 e. The van der Waals surface area contributed by atoms with E-state index >= 15 is 0 Å². The molecule has 0 unspecified atom stereocenters. The smallest absolute Gasteiger partial charge is 0.0460 e. The molecule has 2 aliphatic carbocycles. The third kappa shape index (κ3) is 2.41. The summed E-state index contributed by atoms with van der Waals surface area (Å²) < 4.78 is 0. The number of halogens is 1. The van der Waals surface area contributed by atoms with Gasteiger partial charge < -0.3 is 9.88 Å². The number of likely N-dealkylation sites (tertiary alicyclic amines) is 1. The van der Waals surface area contributed by atoms with Crippen molar-refractivity contribution in [2.75, 3.05) is 13.1 Å². The van der Waals surface area contributed by atoms with Crippen LogP contribution in [-0.4, -0.2) is 29.0 Å². The Morgan fingerprint density at radius 3 is 2.88 bits per heavy atom. The van der Waals surface area contributed by atoms with E-state index in [1.165, 1.54) is 62.5 Å². The predicted molar refractivity (Wildman–Crippen MR) is 110 cm³/mol. The zero-order valence-electron chi connectivity index (χ0n) is 16.1. The lowest BCUT2D eigenvalue weighted by molar-refractivity contribution is -0.00740. The molecular formula is C23H31ClN2. The fraction of sp³-hybridized carbons (Fsp3) is 0.652. The molecule has 2 aromatic rings. The summed E-state index contributed by atoms with van der Waals surface area (Å²) in [7, 11) is 0. The van der Waals surface area contributed by atoms with Crippen molar-refractivity contribution in [2.45, 2.75) is 70.3 Å². The first-order chi connectivity index (χ1) is 12.7. The van der Waals surface area contributed by atoms with Gasteiger partial charge in [-0.1, -0.05) is 31.9 Å². The third-order valence-corrected chi connectivity index (χ3v) is 7.91. The maximum atomic E-state index is 6.40. The number of H-pyrrole nitrogens is 1. The van der Waals surface area contributed by atoms with Gasteiger partial charge in [0.15, 0.2) is 0 Å². The van der Waals surface area contributed by atoms with E-state index in [0.717, 1.165) is 28.8 Å². The normalized spacial score (nSPS) is 33.9. The van der Waals surface area contributed by atoms with Crippen LogP contribution in [0.15, 0.2) is 18.2 Å². The number of fused-ring (bicyclic) bond motifs is 4. The minimum atomic E-state index is 0.696. The van der Waals surface area contributed by atoms with Gasteiger partial charge in [-0.3, -0.25) is 0 Å². The molecule has 0 bridgehead atoms. The van der Waals surface area contributed by atoms with Crippen molar-refractivity contribution in [3.63, 3.8) is 0 Å². The van der Waals surface area contributed by atoms with Gasteiger partial charge in [0.2, 0.25) is 0 Å². The highest BCUT2D eigenvalue weighted by Crippen LogP contribution is 2.58. The van der Waals surface area contributed by atoms with Crippen LogP contribution in [-0.2, 0) is 0 Å². The Kier molecular flexibility index (Phi) is 4.32. The van der Waals surface area contributed by atoms with Crippen LogP contribution in [0.5, 0.6) is 0 Å². The van der Waals surface area contributed by atoms with Crippen LogP contribution in [0, 0.1) is 11.8 Å². The average molecular weight is 371 g/mol. The highest BCUT2D eigenvalue weighted by atomic mass is 35.5. The fourth-order valence-electron chi connectivity index (χ4n) is 6.88. The van der Waals surface area contributed by atoms with Crippen LogP contribution < -0.4 is 0 Å². The molecule has 1 aliphatic heterocycles. The standard InChI is InChI=1S/C23H31ClN2/c1-3-11-26-12-10-17-21-16(6-5-7-20(21)26)15(4-2)23-22(17)18-13-14(24)8-9-19(18)25-23/h8-9,13,15-17,20-21,25H,3-7,10-12H2,1-2H3/t15-,16-,17-,20-,21+/m0/s1. The molecule has 2 nitrogen and oxygen atoms in total. The van der Waals surface area contributed by atoms with Gasteiger partial charge in [-0.25, -0.2) is 0 Å². The Balaban J connectivity index is 1.67. The van der Waals surface area contributed by atoms with Crippen LogP contribution in [0.4, 0.5) is 0 Å². The van der Waals surface area contributed by atoms with Gasteiger partial charge in [0.05, 0.1) is 0 Å². The number of aromatic amines is 1. The summed E-state index contributed by atoms with van der Waals surface area (Å²) in [5.74, 6) is 3.13. The quantitative estimate of drug-likeness (QED) is 0.670. The van der Waals surface area contributed by atoms with E-state index < -0.39 is 0 Å². The number of piperidine rings is 1. The molecule has 1 saturated carbocycles. The van der Waals surface area contributed by atoms with E-state index in [2.05, 4.69) is 35.9 Å². The molecule has 26 heavy (non-hydrogen) atoms. The first-order valence-corrected chi connectivity index (χ1v) is 11.2. The Morgan fingerprint density at radius 1 is 1.19 bits per heavy atom. The highest BCUT2D eigenvalue weighted by molar-refractivity contribution is 6.31. The van der Waals surface area contributed by atoms with Gasteiger partial charge in [-0.15, -0.1) is 0 Å². The van der Waals surface area contributed by atoms with Crippen LogP contribution >= 0.6 is 11.6 Å². The summed E-state index contributed by atoms with van der Waals surface area (Å²) in [6.45, 7) is 7.28. The van der Waals surface area contributed by atoms with Gasteiger partial charge in [-0.2, -0.15) is 0 Å². The summed E-state index contributed by atoms with van der Waals surface area (Å²) in [6, 6.07) is 7.25. The molecule has 0 amide bonds. The van der Waals surface area contributed by atoms with Crippen LogP contribution in [0.1, 0.15) is 75.5 Å². The number of hydrogen-bond acceptors (Lipinski definition) is 1. The first kappa shape index (κ1) is 17.1. The number of aromatic nitrogens is 1. The number of nitrogens with one attached hydrogen (secondary N) is 1.